The van der Waals surface area contributed by atoms with Crippen LogP contribution in [0.4, 0.5) is 0 Å². The van der Waals surface area contributed by atoms with E-state index in [1.807, 2.05) is 42.5 Å². The third kappa shape index (κ3) is 7.80. The van der Waals surface area contributed by atoms with Gasteiger partial charge >= 0.3 is 5.97 Å². The van der Waals surface area contributed by atoms with Gasteiger partial charge < -0.3 is 25.6 Å². The number of aromatic nitrogens is 2. The third-order valence-corrected chi connectivity index (χ3v) is 7.21. The molecular formula is C35H40N4O5. The van der Waals surface area contributed by atoms with Gasteiger partial charge in [0, 0.05) is 29.6 Å². The number of carboxylic acids is 1. The van der Waals surface area contributed by atoms with Gasteiger partial charge in [-0.3, -0.25) is 4.79 Å². The standard InChI is InChI=1S/C30H28N2O3.C5H12N2O2/c1-19-17-20(2)28(21(3)18-19)26-14-7-13-25-24(29(30(33)34)31-32(25)26)12-8-16-35-27-15-6-10-22-9-4-5-11-23(22)27;6-1-3-9-4-2-7-5-8/h4-7,9-11,13-15,17-18H,8,12,16H2,1-3H3,(H,33,34);5H,1-4,6H2,(H,7,8). The van der Waals surface area contributed by atoms with E-state index in [2.05, 4.69) is 61.5 Å². The van der Waals surface area contributed by atoms with Crippen molar-refractivity contribution in [3.63, 3.8) is 0 Å². The van der Waals surface area contributed by atoms with E-state index in [-0.39, 0.29) is 5.69 Å². The molecule has 0 aliphatic heterocycles. The number of carbonyl (C=O) groups excluding carboxylic acids is 1. The van der Waals surface area contributed by atoms with E-state index in [0.717, 1.165) is 50.0 Å². The molecule has 0 spiro atoms. The van der Waals surface area contributed by atoms with Gasteiger partial charge in [-0.05, 0) is 68.3 Å². The summed E-state index contributed by atoms with van der Waals surface area (Å²) in [7, 11) is 0. The van der Waals surface area contributed by atoms with Crippen LogP contribution in [-0.4, -0.2) is 60.0 Å². The largest absolute Gasteiger partial charge is 0.493 e. The first-order valence-corrected chi connectivity index (χ1v) is 14.7. The Morgan fingerprint density at radius 3 is 2.43 bits per heavy atom. The Kier molecular flexibility index (Phi) is 11.5. The lowest BCUT2D eigenvalue weighted by molar-refractivity contribution is -0.109. The maximum atomic E-state index is 12.1. The van der Waals surface area contributed by atoms with Crippen LogP contribution >= 0.6 is 0 Å². The number of aryl methyl sites for hydroxylation is 4. The molecule has 1 amide bonds. The molecule has 0 saturated carbocycles. The number of aromatic carboxylic acids is 1. The number of hydrogen-bond donors (Lipinski definition) is 3. The summed E-state index contributed by atoms with van der Waals surface area (Å²) >= 11 is 0. The monoisotopic (exact) mass is 596 g/mol. The summed E-state index contributed by atoms with van der Waals surface area (Å²) in [6.45, 7) is 8.92. The fraction of sp³-hybridized carbons (Fsp3) is 0.286. The van der Waals surface area contributed by atoms with Gasteiger partial charge in [0.1, 0.15) is 5.75 Å². The molecule has 44 heavy (non-hydrogen) atoms. The van der Waals surface area contributed by atoms with E-state index in [9.17, 15) is 14.7 Å². The van der Waals surface area contributed by atoms with Gasteiger partial charge in [-0.15, -0.1) is 0 Å². The highest BCUT2D eigenvalue weighted by molar-refractivity contribution is 5.90. The lowest BCUT2D eigenvalue weighted by Gasteiger charge is -2.13. The number of carbonyl (C=O) groups is 2. The first kappa shape index (κ1) is 32.2. The number of rotatable bonds is 13. The molecular weight excluding hydrogens is 556 g/mol. The Morgan fingerprint density at radius 2 is 1.70 bits per heavy atom. The number of nitrogens with one attached hydrogen (secondary N) is 1. The van der Waals surface area contributed by atoms with Crippen LogP contribution in [0, 0.1) is 20.8 Å². The average molecular weight is 597 g/mol. The number of hydrogen-bond acceptors (Lipinski definition) is 6. The SMILES string of the molecule is Cc1cc(C)c(-c2cccc3c(CCCOc4cccc5ccccc45)c(C(=O)O)nn23)c(C)c1.NCCOCCNC=O. The first-order chi connectivity index (χ1) is 21.3. The van der Waals surface area contributed by atoms with Crippen LogP contribution in [0.2, 0.25) is 0 Å². The molecule has 2 heterocycles. The molecule has 5 aromatic rings. The number of fused-ring (bicyclic) bond motifs is 2. The van der Waals surface area contributed by atoms with Gasteiger partial charge in [0.25, 0.3) is 0 Å². The van der Waals surface area contributed by atoms with Crippen LogP contribution in [0.15, 0.2) is 72.8 Å². The second-order valence-corrected chi connectivity index (χ2v) is 10.5. The summed E-state index contributed by atoms with van der Waals surface area (Å²) in [6, 6.07) is 24.4. The van der Waals surface area contributed by atoms with Crippen molar-refractivity contribution < 1.29 is 24.2 Å². The molecule has 0 aliphatic rings. The fourth-order valence-electron chi connectivity index (χ4n) is 5.44. The Balaban J connectivity index is 0.000000429. The van der Waals surface area contributed by atoms with E-state index in [4.69, 9.17) is 15.2 Å². The van der Waals surface area contributed by atoms with Crippen molar-refractivity contribution in [2.24, 2.45) is 5.73 Å². The third-order valence-electron chi connectivity index (χ3n) is 7.21. The van der Waals surface area contributed by atoms with Gasteiger partial charge in [-0.1, -0.05) is 60.2 Å². The molecule has 5 rings (SSSR count). The number of carboxylic acid groups (broad SMARTS) is 1. The van der Waals surface area contributed by atoms with Crippen molar-refractivity contribution in [1.29, 1.82) is 0 Å². The summed E-state index contributed by atoms with van der Waals surface area (Å²) in [5.41, 5.74) is 12.3. The molecule has 0 unspecified atom stereocenters. The summed E-state index contributed by atoms with van der Waals surface area (Å²) in [5, 5.41) is 19.1. The molecule has 3 aromatic carbocycles. The average Bonchev–Trinajstić information content (AvgIpc) is 3.39. The lowest BCUT2D eigenvalue weighted by atomic mass is 9.96. The second-order valence-electron chi connectivity index (χ2n) is 10.5. The van der Waals surface area contributed by atoms with Gasteiger partial charge in [-0.25, -0.2) is 9.31 Å². The molecule has 2 aromatic heterocycles. The normalized spacial score (nSPS) is 10.8. The molecule has 9 nitrogen and oxygen atoms in total. The molecule has 0 bridgehead atoms. The summed E-state index contributed by atoms with van der Waals surface area (Å²) in [6.07, 6.45) is 1.88. The number of pyridine rings is 1. The lowest BCUT2D eigenvalue weighted by Crippen LogP contribution is -2.19. The number of nitrogens with two attached hydrogens (primary N) is 1. The molecule has 230 valence electrons. The number of amides is 1. The molecule has 9 heteroatoms. The van der Waals surface area contributed by atoms with E-state index in [1.165, 1.54) is 5.56 Å². The summed E-state index contributed by atoms with van der Waals surface area (Å²) in [5.74, 6) is -0.170. The minimum Gasteiger partial charge on any atom is -0.493 e. The number of ether oxygens (including phenoxy) is 2. The van der Waals surface area contributed by atoms with Crippen molar-refractivity contribution >= 4 is 28.7 Å². The Labute approximate surface area is 257 Å². The zero-order valence-corrected chi connectivity index (χ0v) is 25.5. The Hall–Kier alpha value is -4.73. The van der Waals surface area contributed by atoms with Gasteiger partial charge in [0.15, 0.2) is 5.69 Å². The van der Waals surface area contributed by atoms with E-state index >= 15 is 0 Å². The number of nitrogens with zero attached hydrogens (tertiary/aromatic N) is 2. The highest BCUT2D eigenvalue weighted by atomic mass is 16.5. The first-order valence-electron chi connectivity index (χ1n) is 14.7. The van der Waals surface area contributed by atoms with Gasteiger partial charge in [-0.2, -0.15) is 5.10 Å². The predicted octanol–water partition coefficient (Wildman–Crippen LogP) is 5.50. The Bertz CT molecular complexity index is 1700. The topological polar surface area (TPSA) is 128 Å². The van der Waals surface area contributed by atoms with Crippen molar-refractivity contribution in [3.8, 4) is 17.0 Å². The van der Waals surface area contributed by atoms with E-state index < -0.39 is 5.97 Å². The highest BCUT2D eigenvalue weighted by Gasteiger charge is 2.21. The van der Waals surface area contributed by atoms with Crippen LogP contribution in [0.5, 0.6) is 5.75 Å². The van der Waals surface area contributed by atoms with Crippen LogP contribution in [-0.2, 0) is 16.0 Å². The van der Waals surface area contributed by atoms with Crippen molar-refractivity contribution in [2.45, 2.75) is 33.6 Å². The zero-order chi connectivity index (χ0) is 31.5. The fourth-order valence-corrected chi connectivity index (χ4v) is 5.44. The molecule has 0 radical (unpaired) electrons. The highest BCUT2D eigenvalue weighted by Crippen LogP contribution is 2.31. The zero-order valence-electron chi connectivity index (χ0n) is 25.5. The summed E-state index contributed by atoms with van der Waals surface area (Å²) < 4.78 is 12.8. The number of benzene rings is 3. The molecule has 0 aliphatic carbocycles. The second kappa shape index (κ2) is 15.7. The smallest absolute Gasteiger partial charge is 0.356 e. The van der Waals surface area contributed by atoms with Crippen molar-refractivity contribution in [1.82, 2.24) is 14.9 Å². The van der Waals surface area contributed by atoms with Crippen LogP contribution in [0.25, 0.3) is 27.5 Å². The van der Waals surface area contributed by atoms with Crippen LogP contribution in [0.3, 0.4) is 0 Å². The van der Waals surface area contributed by atoms with Gasteiger partial charge in [0.05, 0.1) is 31.0 Å². The van der Waals surface area contributed by atoms with Gasteiger partial charge in [0.2, 0.25) is 6.41 Å². The Morgan fingerprint density at radius 1 is 0.977 bits per heavy atom. The summed E-state index contributed by atoms with van der Waals surface area (Å²) in [4.78, 5) is 21.8. The van der Waals surface area contributed by atoms with Crippen molar-refractivity contribution in [3.05, 3.63) is 101 Å². The van der Waals surface area contributed by atoms with Crippen LogP contribution in [0.1, 0.15) is 39.2 Å². The van der Waals surface area contributed by atoms with E-state index in [1.54, 1.807) is 4.52 Å². The molecule has 4 N–H and O–H groups in total. The minimum atomic E-state index is -1.01. The quantitative estimate of drug-likeness (QED) is 0.121. The molecule has 0 fully saturated rings. The van der Waals surface area contributed by atoms with Crippen molar-refractivity contribution in [2.75, 3.05) is 32.9 Å². The minimum absolute atomic E-state index is 0.102. The maximum absolute atomic E-state index is 12.1. The van der Waals surface area contributed by atoms with E-state index in [0.29, 0.717) is 52.2 Å². The molecule has 0 saturated heterocycles. The van der Waals surface area contributed by atoms with Crippen LogP contribution < -0.4 is 15.8 Å². The molecule has 0 atom stereocenters. The maximum Gasteiger partial charge on any atom is 0.356 e. The predicted molar refractivity (Wildman–Crippen MR) is 174 cm³/mol.